The first-order valence-corrected chi connectivity index (χ1v) is 6.90. The van der Waals surface area contributed by atoms with Crippen molar-refractivity contribution in [2.75, 3.05) is 26.4 Å². The van der Waals surface area contributed by atoms with E-state index in [0.717, 1.165) is 12.8 Å². The van der Waals surface area contributed by atoms with Crippen LogP contribution in [0.25, 0.3) is 0 Å². The molecule has 0 radical (unpaired) electrons. The van der Waals surface area contributed by atoms with Crippen LogP contribution in [0.2, 0.25) is 0 Å². The molecule has 3 fully saturated rings. The lowest BCUT2D eigenvalue weighted by molar-refractivity contribution is -0.138. The third-order valence-corrected chi connectivity index (χ3v) is 4.10. The average Bonchev–Trinajstić information content (AvgIpc) is 3.09. The van der Waals surface area contributed by atoms with Crippen molar-refractivity contribution in [3.05, 3.63) is 0 Å². The highest BCUT2D eigenvalue weighted by molar-refractivity contribution is 5.91. The van der Waals surface area contributed by atoms with Crippen molar-refractivity contribution in [1.29, 1.82) is 0 Å². The minimum absolute atomic E-state index is 0.0275. The molecule has 1 aliphatic carbocycles. The van der Waals surface area contributed by atoms with E-state index in [0.29, 0.717) is 32.3 Å². The SMILES string of the molecule is CC(C)C1NC2(CC2)C(=O)N1CC1COCCO1. The number of ether oxygens (including phenoxy) is 2. The topological polar surface area (TPSA) is 50.8 Å². The van der Waals surface area contributed by atoms with E-state index in [4.69, 9.17) is 9.47 Å². The Morgan fingerprint density at radius 3 is 2.78 bits per heavy atom. The van der Waals surface area contributed by atoms with Crippen molar-refractivity contribution in [2.24, 2.45) is 5.92 Å². The van der Waals surface area contributed by atoms with Crippen LogP contribution in [0.4, 0.5) is 0 Å². The lowest BCUT2D eigenvalue weighted by Crippen LogP contribution is -2.47. The minimum atomic E-state index is -0.232. The first-order valence-electron chi connectivity index (χ1n) is 6.90. The van der Waals surface area contributed by atoms with Crippen molar-refractivity contribution in [3.63, 3.8) is 0 Å². The molecule has 0 aromatic heterocycles. The van der Waals surface area contributed by atoms with Gasteiger partial charge in [0, 0.05) is 0 Å². The average molecular weight is 254 g/mol. The molecule has 1 spiro atoms. The van der Waals surface area contributed by atoms with E-state index in [2.05, 4.69) is 19.2 Å². The number of hydrogen-bond donors (Lipinski definition) is 1. The van der Waals surface area contributed by atoms with Crippen LogP contribution < -0.4 is 5.32 Å². The number of carbonyl (C=O) groups excluding carboxylic acids is 1. The van der Waals surface area contributed by atoms with Gasteiger partial charge < -0.3 is 14.4 Å². The summed E-state index contributed by atoms with van der Waals surface area (Å²) >= 11 is 0. The number of rotatable bonds is 3. The van der Waals surface area contributed by atoms with Gasteiger partial charge in [0.1, 0.15) is 0 Å². The molecule has 3 rings (SSSR count). The van der Waals surface area contributed by atoms with Gasteiger partial charge in [0.05, 0.1) is 44.2 Å². The largest absolute Gasteiger partial charge is 0.376 e. The Morgan fingerprint density at radius 1 is 1.44 bits per heavy atom. The summed E-state index contributed by atoms with van der Waals surface area (Å²) in [4.78, 5) is 14.4. The molecule has 2 atom stereocenters. The number of nitrogens with zero attached hydrogens (tertiary/aromatic N) is 1. The molecule has 102 valence electrons. The van der Waals surface area contributed by atoms with Gasteiger partial charge in [-0.3, -0.25) is 10.1 Å². The summed E-state index contributed by atoms with van der Waals surface area (Å²) in [5, 5.41) is 3.51. The van der Waals surface area contributed by atoms with Gasteiger partial charge in [-0.2, -0.15) is 0 Å². The first kappa shape index (κ1) is 12.4. The lowest BCUT2D eigenvalue weighted by Gasteiger charge is -2.32. The van der Waals surface area contributed by atoms with Crippen LogP contribution in [0.15, 0.2) is 0 Å². The smallest absolute Gasteiger partial charge is 0.244 e. The van der Waals surface area contributed by atoms with Gasteiger partial charge in [0.2, 0.25) is 5.91 Å². The zero-order valence-corrected chi connectivity index (χ0v) is 11.1. The Hall–Kier alpha value is -0.650. The molecular weight excluding hydrogens is 232 g/mol. The molecule has 3 aliphatic rings. The molecule has 5 heteroatoms. The second-order valence-electron chi connectivity index (χ2n) is 5.94. The summed E-state index contributed by atoms with van der Waals surface area (Å²) in [7, 11) is 0. The zero-order valence-electron chi connectivity index (χ0n) is 11.1. The molecule has 18 heavy (non-hydrogen) atoms. The van der Waals surface area contributed by atoms with E-state index in [1.807, 2.05) is 4.90 Å². The molecule has 2 aliphatic heterocycles. The molecule has 1 amide bonds. The fourth-order valence-corrected chi connectivity index (χ4v) is 2.89. The van der Waals surface area contributed by atoms with E-state index < -0.39 is 0 Å². The van der Waals surface area contributed by atoms with Gasteiger partial charge in [-0.1, -0.05) is 13.8 Å². The van der Waals surface area contributed by atoms with E-state index in [9.17, 15) is 4.79 Å². The van der Waals surface area contributed by atoms with Gasteiger partial charge in [-0.05, 0) is 18.8 Å². The van der Waals surface area contributed by atoms with E-state index in [-0.39, 0.29) is 23.7 Å². The van der Waals surface area contributed by atoms with Crippen molar-refractivity contribution in [1.82, 2.24) is 10.2 Å². The molecule has 2 saturated heterocycles. The molecule has 0 aromatic rings. The summed E-state index contributed by atoms with van der Waals surface area (Å²) in [6.07, 6.45) is 2.13. The summed E-state index contributed by atoms with van der Waals surface area (Å²) < 4.78 is 11.1. The van der Waals surface area contributed by atoms with Crippen LogP contribution in [0.5, 0.6) is 0 Å². The number of hydrogen-bond acceptors (Lipinski definition) is 4. The Labute approximate surface area is 108 Å². The summed E-state index contributed by atoms with van der Waals surface area (Å²) in [5.74, 6) is 0.675. The van der Waals surface area contributed by atoms with Crippen LogP contribution in [-0.4, -0.2) is 55.0 Å². The Morgan fingerprint density at radius 2 is 2.22 bits per heavy atom. The second-order valence-corrected chi connectivity index (χ2v) is 5.94. The molecule has 0 bridgehead atoms. The van der Waals surface area contributed by atoms with Crippen LogP contribution in [0, 0.1) is 5.92 Å². The van der Waals surface area contributed by atoms with E-state index >= 15 is 0 Å². The van der Waals surface area contributed by atoms with Crippen LogP contribution >= 0.6 is 0 Å². The fraction of sp³-hybridized carbons (Fsp3) is 0.923. The van der Waals surface area contributed by atoms with Crippen LogP contribution in [-0.2, 0) is 14.3 Å². The molecular formula is C13H22N2O3. The van der Waals surface area contributed by atoms with Gasteiger partial charge in [-0.25, -0.2) is 0 Å². The van der Waals surface area contributed by atoms with Gasteiger partial charge in [0.15, 0.2) is 0 Å². The summed E-state index contributed by atoms with van der Waals surface area (Å²) in [5.41, 5.74) is -0.232. The van der Waals surface area contributed by atoms with Crippen molar-refractivity contribution >= 4 is 5.91 Å². The highest BCUT2D eigenvalue weighted by Gasteiger charge is 2.59. The maximum absolute atomic E-state index is 12.4. The van der Waals surface area contributed by atoms with Crippen molar-refractivity contribution in [3.8, 4) is 0 Å². The number of amides is 1. The van der Waals surface area contributed by atoms with Gasteiger partial charge in [-0.15, -0.1) is 0 Å². The van der Waals surface area contributed by atoms with Crippen LogP contribution in [0.1, 0.15) is 26.7 Å². The fourth-order valence-electron chi connectivity index (χ4n) is 2.89. The Balaban J connectivity index is 1.69. The maximum atomic E-state index is 12.4. The Bertz CT molecular complexity index is 335. The maximum Gasteiger partial charge on any atom is 0.244 e. The Kier molecular flexibility index (Phi) is 3.08. The number of nitrogens with one attached hydrogen (secondary N) is 1. The predicted molar refractivity (Wildman–Crippen MR) is 66.0 cm³/mol. The van der Waals surface area contributed by atoms with Crippen molar-refractivity contribution < 1.29 is 14.3 Å². The molecule has 1 N–H and O–H groups in total. The van der Waals surface area contributed by atoms with E-state index in [1.165, 1.54) is 0 Å². The summed E-state index contributed by atoms with van der Waals surface area (Å²) in [6.45, 7) is 6.85. The molecule has 0 aromatic carbocycles. The van der Waals surface area contributed by atoms with Crippen molar-refractivity contribution in [2.45, 2.75) is 44.5 Å². The standard InChI is InChI=1S/C13H22N2O3/c1-9(2)11-14-13(3-4-13)12(16)15(11)7-10-8-17-5-6-18-10/h9-11,14H,3-8H2,1-2H3. The normalized spacial score (nSPS) is 34.6. The first-order chi connectivity index (χ1) is 8.62. The molecule has 2 unspecified atom stereocenters. The molecule has 2 heterocycles. The highest BCUT2D eigenvalue weighted by Crippen LogP contribution is 2.43. The quantitative estimate of drug-likeness (QED) is 0.789. The predicted octanol–water partition coefficient (Wildman–Crippen LogP) is 0.348. The second kappa shape index (κ2) is 4.47. The lowest BCUT2D eigenvalue weighted by atomic mass is 10.1. The zero-order chi connectivity index (χ0) is 12.8. The van der Waals surface area contributed by atoms with Crippen LogP contribution in [0.3, 0.4) is 0 Å². The number of carbonyl (C=O) groups is 1. The third kappa shape index (κ3) is 2.04. The molecule has 1 saturated carbocycles. The van der Waals surface area contributed by atoms with E-state index in [1.54, 1.807) is 0 Å². The monoisotopic (exact) mass is 254 g/mol. The third-order valence-electron chi connectivity index (χ3n) is 4.10. The highest BCUT2D eigenvalue weighted by atomic mass is 16.6. The minimum Gasteiger partial charge on any atom is -0.376 e. The summed E-state index contributed by atoms with van der Waals surface area (Å²) in [6, 6.07) is 0. The van der Waals surface area contributed by atoms with Gasteiger partial charge >= 0.3 is 0 Å². The van der Waals surface area contributed by atoms with Gasteiger partial charge in [0.25, 0.3) is 0 Å². The molecule has 5 nitrogen and oxygen atoms in total.